The molecule has 0 aliphatic carbocycles. The molecule has 3 rings (SSSR count). The minimum absolute atomic E-state index is 0.0271. The van der Waals surface area contributed by atoms with Crippen LogP contribution in [0, 0.1) is 12.8 Å². The lowest BCUT2D eigenvalue weighted by Gasteiger charge is -2.39. The number of carbonyl (C=O) groups is 2. The normalized spacial score (nSPS) is 14.4. The summed E-state index contributed by atoms with van der Waals surface area (Å²) < 4.78 is 0. The number of H-pyrrole nitrogens is 1. The second kappa shape index (κ2) is 6.33. The van der Waals surface area contributed by atoms with E-state index in [9.17, 15) is 14.4 Å². The quantitative estimate of drug-likeness (QED) is 0.859. The first-order valence-electron chi connectivity index (χ1n) is 7.22. The summed E-state index contributed by atoms with van der Waals surface area (Å²) in [5.41, 5.74) is 0.0663. The summed E-state index contributed by atoms with van der Waals surface area (Å²) >= 11 is 1.42. The zero-order valence-corrected chi connectivity index (χ0v) is 13.4. The van der Waals surface area contributed by atoms with Crippen LogP contribution in [-0.2, 0) is 0 Å². The highest BCUT2D eigenvalue weighted by molar-refractivity contribution is 7.12. The van der Waals surface area contributed by atoms with Crippen LogP contribution in [0.25, 0.3) is 0 Å². The number of nitrogens with zero attached hydrogens (tertiary/aromatic N) is 2. The zero-order chi connectivity index (χ0) is 16.4. The third kappa shape index (κ3) is 3.31. The van der Waals surface area contributed by atoms with Crippen molar-refractivity contribution in [2.45, 2.75) is 6.92 Å². The molecule has 0 bridgehead atoms. The Morgan fingerprint density at radius 1 is 1.48 bits per heavy atom. The monoisotopic (exact) mass is 332 g/mol. The highest BCUT2D eigenvalue weighted by Crippen LogP contribution is 2.20. The molecule has 8 heteroatoms. The summed E-state index contributed by atoms with van der Waals surface area (Å²) in [5.74, 6) is -0.263. The van der Waals surface area contributed by atoms with Crippen LogP contribution in [0.4, 0.5) is 0 Å². The fourth-order valence-corrected chi connectivity index (χ4v) is 3.09. The highest BCUT2D eigenvalue weighted by Gasteiger charge is 2.31. The van der Waals surface area contributed by atoms with Crippen LogP contribution in [0.15, 0.2) is 28.4 Å². The number of nitrogens with one attached hydrogen (secondary N) is 2. The number of amides is 2. The minimum Gasteiger partial charge on any atom is -0.350 e. The van der Waals surface area contributed by atoms with Crippen molar-refractivity contribution in [2.24, 2.45) is 5.92 Å². The summed E-state index contributed by atoms with van der Waals surface area (Å²) in [6.45, 7) is 3.33. The van der Waals surface area contributed by atoms with Gasteiger partial charge in [-0.05, 0) is 18.4 Å². The van der Waals surface area contributed by atoms with Crippen molar-refractivity contribution in [3.05, 3.63) is 50.1 Å². The molecule has 0 atom stereocenters. The average molecular weight is 332 g/mol. The molecule has 2 amide bonds. The third-order valence-corrected chi connectivity index (χ3v) is 4.53. The molecule has 0 unspecified atom stereocenters. The second-order valence-corrected chi connectivity index (χ2v) is 6.47. The average Bonchev–Trinajstić information content (AvgIpc) is 2.99. The Bertz CT molecular complexity index is 778. The van der Waals surface area contributed by atoms with E-state index in [1.165, 1.54) is 17.4 Å². The van der Waals surface area contributed by atoms with Crippen molar-refractivity contribution in [2.75, 3.05) is 19.6 Å². The first-order chi connectivity index (χ1) is 11.0. The van der Waals surface area contributed by atoms with E-state index in [0.717, 1.165) is 4.88 Å². The van der Waals surface area contributed by atoms with E-state index in [2.05, 4.69) is 15.5 Å². The largest absolute Gasteiger partial charge is 0.350 e. The second-order valence-electron chi connectivity index (χ2n) is 5.53. The molecule has 7 nitrogen and oxygen atoms in total. The molecule has 1 fully saturated rings. The van der Waals surface area contributed by atoms with Crippen molar-refractivity contribution in [3.8, 4) is 0 Å². The molecule has 1 aliphatic heterocycles. The van der Waals surface area contributed by atoms with Gasteiger partial charge in [0.25, 0.3) is 11.8 Å². The summed E-state index contributed by atoms with van der Waals surface area (Å²) in [6, 6.07) is 4.99. The van der Waals surface area contributed by atoms with Gasteiger partial charge in [-0.2, -0.15) is 5.10 Å². The molecule has 120 valence electrons. The van der Waals surface area contributed by atoms with Gasteiger partial charge in [-0.3, -0.25) is 19.5 Å². The Morgan fingerprint density at radius 2 is 2.26 bits per heavy atom. The lowest BCUT2D eigenvalue weighted by atomic mass is 10.00. The van der Waals surface area contributed by atoms with Crippen LogP contribution in [-0.4, -0.2) is 46.5 Å². The Kier molecular flexibility index (Phi) is 4.24. The zero-order valence-electron chi connectivity index (χ0n) is 12.5. The van der Waals surface area contributed by atoms with Gasteiger partial charge < -0.3 is 10.2 Å². The molecule has 23 heavy (non-hydrogen) atoms. The van der Waals surface area contributed by atoms with Crippen LogP contribution >= 0.6 is 11.3 Å². The SMILES string of the molecule is Cc1cc(=O)c(C(=O)NCC2CN(C(=O)c3cccs3)C2)n[nH]1. The number of rotatable bonds is 4. The first-order valence-corrected chi connectivity index (χ1v) is 8.10. The molecule has 2 N–H and O–H groups in total. The molecule has 1 saturated heterocycles. The van der Waals surface area contributed by atoms with Gasteiger partial charge in [-0.25, -0.2) is 0 Å². The van der Waals surface area contributed by atoms with Crippen LogP contribution in [0.1, 0.15) is 25.9 Å². The molecule has 2 aromatic rings. The molecule has 0 saturated carbocycles. The van der Waals surface area contributed by atoms with Crippen LogP contribution in [0.2, 0.25) is 0 Å². The number of likely N-dealkylation sites (tertiary alicyclic amines) is 1. The van der Waals surface area contributed by atoms with Gasteiger partial charge in [-0.1, -0.05) is 6.07 Å². The fourth-order valence-electron chi connectivity index (χ4n) is 2.40. The lowest BCUT2D eigenvalue weighted by molar-refractivity contribution is 0.0502. The van der Waals surface area contributed by atoms with Crippen LogP contribution < -0.4 is 10.7 Å². The van der Waals surface area contributed by atoms with E-state index >= 15 is 0 Å². The maximum Gasteiger partial charge on any atom is 0.275 e. The van der Waals surface area contributed by atoms with Gasteiger partial charge in [-0.15, -0.1) is 11.3 Å². The van der Waals surface area contributed by atoms with Gasteiger partial charge >= 0.3 is 0 Å². The molecule has 0 radical (unpaired) electrons. The van der Waals surface area contributed by atoms with Crippen molar-refractivity contribution >= 4 is 23.2 Å². The van der Waals surface area contributed by atoms with E-state index in [-0.39, 0.29) is 17.5 Å². The summed E-state index contributed by atoms with van der Waals surface area (Å²) in [7, 11) is 0. The number of carbonyl (C=O) groups excluding carboxylic acids is 2. The molecule has 0 spiro atoms. The van der Waals surface area contributed by atoms with Crippen molar-refractivity contribution in [1.29, 1.82) is 0 Å². The topological polar surface area (TPSA) is 95.2 Å². The van der Waals surface area contributed by atoms with Gasteiger partial charge in [0.05, 0.1) is 4.88 Å². The third-order valence-electron chi connectivity index (χ3n) is 3.67. The summed E-state index contributed by atoms with van der Waals surface area (Å²) in [6.07, 6.45) is 0. The van der Waals surface area contributed by atoms with E-state index in [1.807, 2.05) is 11.4 Å². The van der Waals surface area contributed by atoms with Crippen molar-refractivity contribution in [1.82, 2.24) is 20.4 Å². The molecule has 0 aromatic carbocycles. The van der Waals surface area contributed by atoms with Gasteiger partial charge in [0.1, 0.15) is 0 Å². The van der Waals surface area contributed by atoms with Gasteiger partial charge in [0.15, 0.2) is 5.69 Å². The first kappa shape index (κ1) is 15.4. The van der Waals surface area contributed by atoms with Gasteiger partial charge in [0.2, 0.25) is 5.43 Å². The molecule has 1 aliphatic rings. The van der Waals surface area contributed by atoms with Crippen LogP contribution in [0.5, 0.6) is 0 Å². The number of thiophene rings is 1. The number of aryl methyl sites for hydroxylation is 1. The predicted octanol–water partition coefficient (Wildman–Crippen LogP) is 0.642. The highest BCUT2D eigenvalue weighted by atomic mass is 32.1. The fraction of sp³-hybridized carbons (Fsp3) is 0.333. The number of aromatic amines is 1. The molecule has 3 heterocycles. The van der Waals surface area contributed by atoms with Crippen molar-refractivity contribution in [3.63, 3.8) is 0 Å². The van der Waals surface area contributed by atoms with Gasteiger partial charge in [0, 0.05) is 37.3 Å². The van der Waals surface area contributed by atoms with Crippen LogP contribution in [0.3, 0.4) is 0 Å². The van der Waals surface area contributed by atoms with E-state index in [0.29, 0.717) is 25.3 Å². The van der Waals surface area contributed by atoms with E-state index in [1.54, 1.807) is 17.9 Å². The lowest BCUT2D eigenvalue weighted by Crippen LogP contribution is -2.53. The number of aromatic nitrogens is 2. The molecule has 2 aromatic heterocycles. The van der Waals surface area contributed by atoms with E-state index in [4.69, 9.17) is 0 Å². The number of hydrogen-bond acceptors (Lipinski definition) is 5. The molecular weight excluding hydrogens is 316 g/mol. The Morgan fingerprint density at radius 3 is 2.91 bits per heavy atom. The Hall–Kier alpha value is -2.48. The summed E-state index contributed by atoms with van der Waals surface area (Å²) in [5, 5.41) is 10.9. The van der Waals surface area contributed by atoms with Crippen molar-refractivity contribution < 1.29 is 9.59 Å². The number of hydrogen-bond donors (Lipinski definition) is 2. The smallest absolute Gasteiger partial charge is 0.275 e. The predicted molar refractivity (Wildman–Crippen MR) is 85.6 cm³/mol. The Labute approximate surface area is 136 Å². The van der Waals surface area contributed by atoms with E-state index < -0.39 is 11.3 Å². The minimum atomic E-state index is -0.491. The Balaban J connectivity index is 1.48. The maximum absolute atomic E-state index is 12.1. The molecular formula is C15H16N4O3S. The summed E-state index contributed by atoms with van der Waals surface area (Å²) in [4.78, 5) is 38.2. The maximum atomic E-state index is 12.1. The standard InChI is InChI=1S/C15H16N4O3S/c1-9-5-11(20)13(18-17-9)14(21)16-6-10-7-19(8-10)15(22)12-3-2-4-23-12/h2-5,10H,6-8H2,1H3,(H,16,21)(H,17,20).